The third kappa shape index (κ3) is 8.71. The molecule has 14 heavy (non-hydrogen) atoms. The maximum absolute atomic E-state index is 10.4. The van der Waals surface area contributed by atoms with Gasteiger partial charge in [-0.25, -0.2) is 0 Å². The minimum absolute atomic E-state index is 0.286. The Morgan fingerprint density at radius 2 is 1.57 bits per heavy atom. The van der Waals surface area contributed by atoms with Gasteiger partial charge in [-0.3, -0.25) is 9.18 Å². The maximum atomic E-state index is 10.4. The topological polar surface area (TPSA) is 26.3 Å². The van der Waals surface area contributed by atoms with Crippen LogP contribution in [0.5, 0.6) is 5.75 Å². The number of hydrogen-bond donors (Lipinski definition) is 0. The highest BCUT2D eigenvalue weighted by Crippen LogP contribution is 2.07. The monoisotopic (exact) mass is 200 g/mol. The largest absolute Gasteiger partial charge is 0.427 e. The van der Waals surface area contributed by atoms with Crippen LogP contribution in [0.2, 0.25) is 0 Å². The van der Waals surface area contributed by atoms with Gasteiger partial charge in [0.1, 0.15) is 5.75 Å². The van der Waals surface area contributed by atoms with Gasteiger partial charge < -0.3 is 4.74 Å². The zero-order valence-electron chi connectivity index (χ0n) is 9.08. The van der Waals surface area contributed by atoms with Gasteiger partial charge in [0.2, 0.25) is 0 Å². The van der Waals surface area contributed by atoms with E-state index in [-0.39, 0.29) is 5.97 Å². The molecule has 0 aliphatic heterocycles. The smallest absolute Gasteiger partial charge is 0.308 e. The van der Waals surface area contributed by atoms with Crippen LogP contribution in [0.25, 0.3) is 0 Å². The van der Waals surface area contributed by atoms with Crippen molar-refractivity contribution in [3.8, 4) is 5.75 Å². The average molecular weight is 200 g/mol. The third-order valence-corrected chi connectivity index (χ3v) is 1.00. The Bertz CT molecular complexity index is 222. The average Bonchev–Trinajstić information content (AvgIpc) is 2.24. The van der Waals surface area contributed by atoms with Gasteiger partial charge in [0.25, 0.3) is 0 Å². The number of ether oxygens (including phenoxy) is 1. The molecule has 3 heteroatoms. The van der Waals surface area contributed by atoms with Crippen molar-refractivity contribution in [2.45, 2.75) is 20.8 Å². The number of carbonyl (C=O) groups excluding carboxylic acids is 1. The molecule has 0 amide bonds. The van der Waals surface area contributed by atoms with Crippen LogP contribution in [0.4, 0.5) is 4.39 Å². The van der Waals surface area contributed by atoms with Crippen molar-refractivity contribution in [1.29, 1.82) is 0 Å². The molecule has 1 aromatic carbocycles. The van der Waals surface area contributed by atoms with E-state index in [1.807, 2.05) is 32.0 Å². The Kier molecular flexibility index (Phi) is 12.5. The Hall–Kier alpha value is -1.38. The molecule has 80 valence electrons. The second-order valence-electron chi connectivity index (χ2n) is 1.91. The molecule has 1 aromatic rings. The molecule has 0 atom stereocenters. The van der Waals surface area contributed by atoms with Crippen LogP contribution in [0.3, 0.4) is 0 Å². The summed E-state index contributed by atoms with van der Waals surface area (Å²) in [6.45, 7) is 5.38. The van der Waals surface area contributed by atoms with Gasteiger partial charge in [-0.1, -0.05) is 32.0 Å². The highest BCUT2D eigenvalue weighted by atomic mass is 19.1. The predicted octanol–water partition coefficient (Wildman–Crippen LogP) is 3.22. The normalized spacial score (nSPS) is 7.21. The van der Waals surface area contributed by atoms with E-state index in [4.69, 9.17) is 4.74 Å². The summed E-state index contributed by atoms with van der Waals surface area (Å²) in [4.78, 5) is 10.4. The van der Waals surface area contributed by atoms with E-state index in [1.54, 1.807) is 12.1 Å². The lowest BCUT2D eigenvalue weighted by molar-refractivity contribution is -0.131. The van der Waals surface area contributed by atoms with Crippen molar-refractivity contribution in [3.05, 3.63) is 30.3 Å². The lowest BCUT2D eigenvalue weighted by Crippen LogP contribution is -2.00. The molecule has 2 nitrogen and oxygen atoms in total. The minimum Gasteiger partial charge on any atom is -0.427 e. The first-order valence-electron chi connectivity index (χ1n) is 4.40. The Morgan fingerprint density at radius 1 is 1.14 bits per heavy atom. The Balaban J connectivity index is 0. The number of halogens is 1. The van der Waals surface area contributed by atoms with E-state index in [9.17, 15) is 9.18 Å². The van der Waals surface area contributed by atoms with Gasteiger partial charge in [-0.05, 0) is 12.1 Å². The fourth-order valence-electron chi connectivity index (χ4n) is 0.655. The van der Waals surface area contributed by atoms with Crippen molar-refractivity contribution < 1.29 is 13.9 Å². The predicted molar refractivity (Wildman–Crippen MR) is 56.1 cm³/mol. The lowest BCUT2D eigenvalue weighted by Gasteiger charge is -1.97. The quantitative estimate of drug-likeness (QED) is 0.514. The fourth-order valence-corrected chi connectivity index (χ4v) is 0.655. The summed E-state index contributed by atoms with van der Waals surface area (Å²) in [7, 11) is 0.500. The van der Waals surface area contributed by atoms with Crippen LogP contribution in [0.15, 0.2) is 30.3 Å². The molecule has 1 rings (SSSR count). The Labute approximate surface area is 84.7 Å². The molecule has 0 fully saturated rings. The van der Waals surface area contributed by atoms with Crippen molar-refractivity contribution in [2.75, 3.05) is 7.18 Å². The maximum Gasteiger partial charge on any atom is 0.308 e. The molecule has 0 heterocycles. The lowest BCUT2D eigenvalue weighted by atomic mass is 10.3. The Morgan fingerprint density at radius 3 is 1.93 bits per heavy atom. The number of carbonyl (C=O) groups is 1. The van der Waals surface area contributed by atoms with Gasteiger partial charge in [-0.2, -0.15) is 0 Å². The van der Waals surface area contributed by atoms with Crippen LogP contribution in [-0.2, 0) is 4.79 Å². The summed E-state index contributed by atoms with van der Waals surface area (Å²) < 4.78 is 14.3. The molecule has 0 N–H and O–H groups in total. The molecule has 0 bridgehead atoms. The first kappa shape index (κ1) is 15.1. The first-order chi connectivity index (χ1) is 6.79. The fraction of sp³-hybridized carbons (Fsp3) is 0.364. The molecular formula is C11H17FO2. The van der Waals surface area contributed by atoms with Crippen LogP contribution in [-0.4, -0.2) is 13.1 Å². The van der Waals surface area contributed by atoms with Crippen LogP contribution >= 0.6 is 0 Å². The van der Waals surface area contributed by atoms with E-state index in [2.05, 4.69) is 0 Å². The van der Waals surface area contributed by atoms with Crippen molar-refractivity contribution >= 4 is 5.97 Å². The van der Waals surface area contributed by atoms with Crippen molar-refractivity contribution in [1.82, 2.24) is 0 Å². The standard InChI is InChI=1S/C8H8O2.C2H6.CH3F/c1-7(9)10-8-5-3-2-4-6-8;2*1-2/h2-6H,1H3;1-2H3;1H3. The number of hydrogen-bond acceptors (Lipinski definition) is 2. The summed E-state index contributed by atoms with van der Waals surface area (Å²) in [5.74, 6) is 0.307. The SMILES string of the molecule is CC.CC(=O)Oc1ccccc1.CF. The van der Waals surface area contributed by atoms with E-state index in [0.717, 1.165) is 0 Å². The summed E-state index contributed by atoms with van der Waals surface area (Å²) >= 11 is 0. The molecule has 0 saturated heterocycles. The number of rotatable bonds is 1. The molecular weight excluding hydrogens is 183 g/mol. The number of alkyl halides is 1. The molecule has 0 aliphatic rings. The summed E-state index contributed by atoms with van der Waals surface area (Å²) in [6, 6.07) is 8.98. The molecule has 0 aromatic heterocycles. The molecule has 0 spiro atoms. The minimum atomic E-state index is -0.286. The third-order valence-electron chi connectivity index (χ3n) is 1.00. The van der Waals surface area contributed by atoms with Gasteiger partial charge in [0, 0.05) is 6.92 Å². The summed E-state index contributed by atoms with van der Waals surface area (Å²) in [6.07, 6.45) is 0. The summed E-state index contributed by atoms with van der Waals surface area (Å²) in [5, 5.41) is 0. The second kappa shape index (κ2) is 11.6. The number of benzene rings is 1. The summed E-state index contributed by atoms with van der Waals surface area (Å²) in [5.41, 5.74) is 0. The van der Waals surface area contributed by atoms with Gasteiger partial charge in [0.05, 0.1) is 7.18 Å². The van der Waals surface area contributed by atoms with E-state index in [1.165, 1.54) is 6.92 Å². The van der Waals surface area contributed by atoms with E-state index in [0.29, 0.717) is 12.9 Å². The van der Waals surface area contributed by atoms with Crippen molar-refractivity contribution in [2.24, 2.45) is 0 Å². The highest BCUT2D eigenvalue weighted by Gasteiger charge is 1.92. The zero-order valence-corrected chi connectivity index (χ0v) is 9.08. The number of esters is 1. The van der Waals surface area contributed by atoms with Gasteiger partial charge in [0.15, 0.2) is 0 Å². The first-order valence-corrected chi connectivity index (χ1v) is 4.40. The second-order valence-corrected chi connectivity index (χ2v) is 1.91. The van der Waals surface area contributed by atoms with E-state index < -0.39 is 0 Å². The van der Waals surface area contributed by atoms with Crippen LogP contribution < -0.4 is 4.74 Å². The van der Waals surface area contributed by atoms with Gasteiger partial charge >= 0.3 is 5.97 Å². The van der Waals surface area contributed by atoms with Gasteiger partial charge in [-0.15, -0.1) is 0 Å². The highest BCUT2D eigenvalue weighted by molar-refractivity contribution is 5.69. The zero-order chi connectivity index (χ0) is 11.4. The van der Waals surface area contributed by atoms with Crippen LogP contribution in [0.1, 0.15) is 20.8 Å². The van der Waals surface area contributed by atoms with Crippen LogP contribution in [0, 0.1) is 0 Å². The van der Waals surface area contributed by atoms with E-state index >= 15 is 0 Å². The molecule has 0 saturated carbocycles. The number of para-hydroxylation sites is 1. The molecule has 0 unspecified atom stereocenters. The molecule has 0 aliphatic carbocycles. The molecule has 0 radical (unpaired) electrons. The van der Waals surface area contributed by atoms with Crippen molar-refractivity contribution in [3.63, 3.8) is 0 Å².